The first-order chi connectivity index (χ1) is 12.8. The van der Waals surface area contributed by atoms with Gasteiger partial charge in [0.05, 0.1) is 24.5 Å². The van der Waals surface area contributed by atoms with Gasteiger partial charge in [-0.05, 0) is 49.1 Å². The molecule has 3 rings (SSSR count). The molecule has 2 aromatic carbocycles. The zero-order valence-corrected chi connectivity index (χ0v) is 16.3. The molecule has 1 N–H and O–H groups in total. The smallest absolute Gasteiger partial charge is 0.313 e. The average Bonchev–Trinajstić information content (AvgIpc) is 3.10. The lowest BCUT2D eigenvalue weighted by Crippen LogP contribution is -2.30. The Morgan fingerprint density at radius 3 is 2.22 bits per heavy atom. The predicted molar refractivity (Wildman–Crippen MR) is 105 cm³/mol. The monoisotopic (exact) mass is 384 g/mol. The summed E-state index contributed by atoms with van der Waals surface area (Å²) in [6.07, 6.45) is 0. The molecular formula is C21H20O5S. The van der Waals surface area contributed by atoms with Gasteiger partial charge in [0.2, 0.25) is 5.78 Å². The van der Waals surface area contributed by atoms with Crippen molar-refractivity contribution < 1.29 is 24.2 Å². The maximum absolute atomic E-state index is 13.3. The Hall–Kier alpha value is -2.86. The van der Waals surface area contributed by atoms with E-state index < -0.39 is 11.4 Å². The van der Waals surface area contributed by atoms with Crippen molar-refractivity contribution in [2.75, 3.05) is 14.2 Å². The van der Waals surface area contributed by atoms with Crippen molar-refractivity contribution in [3.05, 3.63) is 58.5 Å². The van der Waals surface area contributed by atoms with Crippen LogP contribution in [0.2, 0.25) is 0 Å². The number of rotatable bonds is 6. The minimum Gasteiger partial charge on any atom is -0.493 e. The van der Waals surface area contributed by atoms with Crippen molar-refractivity contribution in [1.82, 2.24) is 0 Å². The zero-order valence-electron chi connectivity index (χ0n) is 15.5. The second-order valence-corrected chi connectivity index (χ2v) is 7.74. The van der Waals surface area contributed by atoms with Gasteiger partial charge in [0, 0.05) is 10.3 Å². The molecule has 0 unspecified atom stereocenters. The quantitative estimate of drug-likeness (QED) is 0.633. The highest BCUT2D eigenvalue weighted by atomic mass is 32.1. The number of benzene rings is 2. The van der Waals surface area contributed by atoms with Gasteiger partial charge in [-0.25, -0.2) is 0 Å². The minimum absolute atomic E-state index is 0.235. The molecule has 3 aromatic rings. The summed E-state index contributed by atoms with van der Waals surface area (Å²) >= 11 is 1.38. The number of fused-ring (bicyclic) bond motifs is 1. The van der Waals surface area contributed by atoms with E-state index in [0.29, 0.717) is 27.5 Å². The number of carboxylic acid groups (broad SMARTS) is 1. The molecule has 0 amide bonds. The van der Waals surface area contributed by atoms with Crippen LogP contribution in [0.5, 0.6) is 11.5 Å². The van der Waals surface area contributed by atoms with Crippen LogP contribution in [-0.4, -0.2) is 31.1 Å². The molecule has 0 radical (unpaired) electrons. The molecule has 0 aliphatic rings. The highest BCUT2D eigenvalue weighted by Gasteiger charge is 2.35. The summed E-state index contributed by atoms with van der Waals surface area (Å²) in [4.78, 5) is 25.7. The van der Waals surface area contributed by atoms with Gasteiger partial charge in [-0.2, -0.15) is 0 Å². The molecular weight excluding hydrogens is 364 g/mol. The lowest BCUT2D eigenvalue weighted by Gasteiger charge is -2.24. The molecule has 0 spiro atoms. The summed E-state index contributed by atoms with van der Waals surface area (Å²) in [7, 11) is 2.95. The molecule has 0 aliphatic heterocycles. The molecule has 0 atom stereocenters. The van der Waals surface area contributed by atoms with Crippen molar-refractivity contribution >= 4 is 33.2 Å². The molecule has 0 bridgehead atoms. The van der Waals surface area contributed by atoms with Crippen LogP contribution in [-0.2, 0) is 10.2 Å². The largest absolute Gasteiger partial charge is 0.493 e. The summed E-state index contributed by atoms with van der Waals surface area (Å²) in [5.41, 5.74) is -0.594. The number of carboxylic acids is 1. The molecule has 0 aliphatic carbocycles. The van der Waals surface area contributed by atoms with Gasteiger partial charge in [-0.1, -0.05) is 18.2 Å². The normalized spacial score (nSPS) is 11.4. The van der Waals surface area contributed by atoms with E-state index in [1.165, 1.54) is 25.6 Å². The summed E-state index contributed by atoms with van der Waals surface area (Å²) < 4.78 is 11.6. The standard InChI is InChI=1S/C21H20O5S/c1-21(2,20(23)24)14-11-16(26-4)15(25-3)10-13(14)19(22)18-9-12-7-5-6-8-17(12)27-18/h5-11H,1-4H3,(H,23,24). The Morgan fingerprint density at radius 1 is 1.00 bits per heavy atom. The third-order valence-electron chi connectivity index (χ3n) is 4.63. The molecule has 6 heteroatoms. The van der Waals surface area contributed by atoms with Gasteiger partial charge < -0.3 is 14.6 Å². The number of hydrogen-bond acceptors (Lipinski definition) is 5. The highest BCUT2D eigenvalue weighted by molar-refractivity contribution is 7.21. The van der Waals surface area contributed by atoms with E-state index in [4.69, 9.17) is 9.47 Å². The van der Waals surface area contributed by atoms with Gasteiger partial charge in [-0.15, -0.1) is 11.3 Å². The Morgan fingerprint density at radius 2 is 1.63 bits per heavy atom. The van der Waals surface area contributed by atoms with E-state index in [9.17, 15) is 14.7 Å². The van der Waals surface area contributed by atoms with E-state index in [1.54, 1.807) is 26.0 Å². The number of carbonyl (C=O) groups excluding carboxylic acids is 1. The van der Waals surface area contributed by atoms with Gasteiger partial charge >= 0.3 is 5.97 Å². The Bertz CT molecular complexity index is 999. The first kappa shape index (κ1) is 18.9. The summed E-state index contributed by atoms with van der Waals surface area (Å²) in [5, 5.41) is 10.7. The molecule has 0 fully saturated rings. The lowest BCUT2D eigenvalue weighted by atomic mass is 9.80. The summed E-state index contributed by atoms with van der Waals surface area (Å²) in [5.74, 6) is -0.497. The van der Waals surface area contributed by atoms with Crippen LogP contribution in [0, 0.1) is 0 Å². The van der Waals surface area contributed by atoms with E-state index >= 15 is 0 Å². The fraction of sp³-hybridized carbons (Fsp3) is 0.238. The third kappa shape index (κ3) is 3.28. The molecule has 1 aromatic heterocycles. The van der Waals surface area contributed by atoms with Crippen LogP contribution in [0.3, 0.4) is 0 Å². The van der Waals surface area contributed by atoms with Gasteiger partial charge in [-0.3, -0.25) is 9.59 Å². The lowest BCUT2D eigenvalue weighted by molar-refractivity contribution is -0.142. The molecule has 140 valence electrons. The number of hydrogen-bond donors (Lipinski definition) is 1. The fourth-order valence-electron chi connectivity index (χ4n) is 2.93. The molecule has 5 nitrogen and oxygen atoms in total. The number of ketones is 1. The molecule has 27 heavy (non-hydrogen) atoms. The topological polar surface area (TPSA) is 72.8 Å². The maximum atomic E-state index is 13.3. The van der Waals surface area contributed by atoms with E-state index in [0.717, 1.165) is 10.1 Å². The van der Waals surface area contributed by atoms with Crippen molar-refractivity contribution in [3.63, 3.8) is 0 Å². The fourth-order valence-corrected chi connectivity index (χ4v) is 3.94. The average molecular weight is 384 g/mol. The van der Waals surface area contributed by atoms with Crippen LogP contribution in [0.25, 0.3) is 10.1 Å². The number of aliphatic carboxylic acids is 1. The van der Waals surface area contributed by atoms with E-state index in [2.05, 4.69) is 0 Å². The minimum atomic E-state index is -1.28. The maximum Gasteiger partial charge on any atom is 0.313 e. The first-order valence-corrected chi connectivity index (χ1v) is 9.14. The van der Waals surface area contributed by atoms with Crippen LogP contribution >= 0.6 is 11.3 Å². The Kier molecular flexibility index (Phi) is 4.93. The van der Waals surface area contributed by atoms with Gasteiger partial charge in [0.15, 0.2) is 11.5 Å². The van der Waals surface area contributed by atoms with Crippen LogP contribution in [0.1, 0.15) is 34.6 Å². The van der Waals surface area contributed by atoms with Crippen LogP contribution in [0.4, 0.5) is 0 Å². The summed E-state index contributed by atoms with van der Waals surface area (Å²) in [6, 6.07) is 12.7. The van der Waals surface area contributed by atoms with Gasteiger partial charge in [0.1, 0.15) is 0 Å². The Balaban J connectivity index is 2.22. The SMILES string of the molecule is COc1cc(C(=O)c2cc3ccccc3s2)c(C(C)(C)C(=O)O)cc1OC. The van der Waals surface area contributed by atoms with E-state index in [1.807, 2.05) is 30.3 Å². The van der Waals surface area contributed by atoms with Crippen molar-refractivity contribution in [2.24, 2.45) is 0 Å². The molecule has 0 saturated carbocycles. The first-order valence-electron chi connectivity index (χ1n) is 8.32. The zero-order chi connectivity index (χ0) is 19.8. The van der Waals surface area contributed by atoms with E-state index in [-0.39, 0.29) is 5.78 Å². The van der Waals surface area contributed by atoms with Crippen molar-refractivity contribution in [2.45, 2.75) is 19.3 Å². The van der Waals surface area contributed by atoms with Crippen LogP contribution in [0.15, 0.2) is 42.5 Å². The molecule has 1 heterocycles. The number of thiophene rings is 1. The number of carbonyl (C=O) groups is 2. The van der Waals surface area contributed by atoms with Crippen molar-refractivity contribution in [1.29, 1.82) is 0 Å². The molecule has 0 saturated heterocycles. The summed E-state index contributed by atoms with van der Waals surface area (Å²) in [6.45, 7) is 3.14. The van der Waals surface area contributed by atoms with Crippen molar-refractivity contribution in [3.8, 4) is 11.5 Å². The number of ether oxygens (including phenoxy) is 2. The number of methoxy groups -OCH3 is 2. The highest BCUT2D eigenvalue weighted by Crippen LogP contribution is 2.38. The second kappa shape index (κ2) is 7.04. The van der Waals surface area contributed by atoms with Crippen LogP contribution < -0.4 is 9.47 Å². The Labute approximate surface area is 161 Å². The predicted octanol–water partition coefficient (Wildman–Crippen LogP) is 4.51. The second-order valence-electron chi connectivity index (χ2n) is 6.66. The van der Waals surface area contributed by atoms with Gasteiger partial charge in [0.25, 0.3) is 0 Å². The third-order valence-corrected chi connectivity index (χ3v) is 5.74.